The topological polar surface area (TPSA) is 164 Å². The molecule has 10 rings (SSSR count). The molecule has 0 bridgehead atoms. The van der Waals surface area contributed by atoms with Gasteiger partial charge in [-0.05, 0) is 146 Å². The molecule has 8 aromatic heterocycles. The van der Waals surface area contributed by atoms with Crippen molar-refractivity contribution in [3.8, 4) is 44.8 Å². The molecular weight excluding hydrogens is 927 g/mol. The molecule has 0 aliphatic heterocycles. The molecule has 0 aliphatic rings. The third-order valence-corrected chi connectivity index (χ3v) is 10.9. The Bertz CT molecular complexity index is 3320. The van der Waals surface area contributed by atoms with E-state index in [1.165, 1.54) is 27.8 Å². The van der Waals surface area contributed by atoms with Gasteiger partial charge in [-0.1, -0.05) is 80.9 Å². The number of anilines is 1. The first-order chi connectivity index (χ1) is 33.7. The molecule has 8 heterocycles. The molecule has 10 aromatic rings. The molecule has 11 nitrogen and oxygen atoms in total. The van der Waals surface area contributed by atoms with Crippen molar-refractivity contribution in [2.24, 2.45) is 5.73 Å². The van der Waals surface area contributed by atoms with Crippen molar-refractivity contribution in [2.75, 3.05) is 5.32 Å². The zero-order chi connectivity index (χ0) is 49.6. The Morgan fingerprint density at radius 3 is 1.30 bits per heavy atom. The van der Waals surface area contributed by atoms with Crippen molar-refractivity contribution in [3.63, 3.8) is 0 Å². The second-order valence-electron chi connectivity index (χ2n) is 17.6. The van der Waals surface area contributed by atoms with E-state index in [1.54, 1.807) is 39.4 Å². The average Bonchev–Trinajstić information content (AvgIpc) is 3.35. The maximum atomic E-state index is 10.1. The normalized spacial score (nSPS) is 10.7. The summed E-state index contributed by atoms with van der Waals surface area (Å²) in [6.07, 6.45) is 10.8. The van der Waals surface area contributed by atoms with E-state index < -0.39 is 5.60 Å². The van der Waals surface area contributed by atoms with Gasteiger partial charge in [-0.3, -0.25) is 19.9 Å². The number of rotatable bonds is 8. The summed E-state index contributed by atoms with van der Waals surface area (Å²) >= 11 is 6.02. The summed E-state index contributed by atoms with van der Waals surface area (Å²) < 4.78 is 0. The quantitative estimate of drug-likeness (QED) is 0.110. The Balaban J connectivity index is 0.000000179. The average molecular weight is 984 g/mol. The number of pyridine rings is 8. The van der Waals surface area contributed by atoms with E-state index in [0.29, 0.717) is 18.2 Å². The Kier molecular flexibility index (Phi) is 19.7. The van der Waals surface area contributed by atoms with Gasteiger partial charge in [-0.2, -0.15) is 0 Å². The minimum Gasteiger partial charge on any atom is -0.850 e. The van der Waals surface area contributed by atoms with Crippen LogP contribution in [0.2, 0.25) is 5.15 Å². The fraction of sp³-hybridized carbons (Fsp3) is 0.172. The molecule has 3 N–H and O–H groups in total. The molecule has 71 heavy (non-hydrogen) atoms. The second-order valence-corrected chi connectivity index (χ2v) is 18.0. The maximum absolute atomic E-state index is 10.1. The number of fused-ring (bicyclic) bond motifs is 2. The fourth-order valence-electron chi connectivity index (χ4n) is 7.23. The number of nitrogens with zero attached hydrogens (tertiary/aromatic N) is 8. The SMILES string of the molecule is CC(C)(C)[O-].Cc1cc(-c2ccc(CN)cc2)ccn1.Cc1cc(-c2ccc(CNc3nccc4nc(-c5ccnc(C)c5)ccc34)cc2)ccn1.Cc1cc(-c2ccc3c(Cl)nccc3n2)ccn1.[K+]. The number of nitrogens with one attached hydrogen (secondary N) is 1. The summed E-state index contributed by atoms with van der Waals surface area (Å²) in [7, 11) is 0. The van der Waals surface area contributed by atoms with Crippen molar-refractivity contribution in [3.05, 3.63) is 210 Å². The van der Waals surface area contributed by atoms with Crippen LogP contribution in [0.1, 0.15) is 54.7 Å². The van der Waals surface area contributed by atoms with Gasteiger partial charge >= 0.3 is 51.4 Å². The predicted molar refractivity (Wildman–Crippen MR) is 284 cm³/mol. The van der Waals surface area contributed by atoms with Gasteiger partial charge in [0, 0.05) is 94.9 Å². The summed E-state index contributed by atoms with van der Waals surface area (Å²) in [5.74, 6) is 0.835. The van der Waals surface area contributed by atoms with Crippen LogP contribution in [0.15, 0.2) is 171 Å². The second kappa shape index (κ2) is 25.8. The van der Waals surface area contributed by atoms with E-state index in [4.69, 9.17) is 22.3 Å². The minimum atomic E-state index is -0.750. The Morgan fingerprint density at radius 2 is 0.845 bits per heavy atom. The molecule has 0 radical (unpaired) electrons. The number of aromatic nitrogens is 8. The van der Waals surface area contributed by atoms with Crippen LogP contribution in [0.4, 0.5) is 5.82 Å². The monoisotopic (exact) mass is 982 g/mol. The van der Waals surface area contributed by atoms with E-state index in [-0.39, 0.29) is 51.4 Å². The molecular formula is C58H56ClKN10O. The van der Waals surface area contributed by atoms with E-state index in [9.17, 15) is 5.11 Å². The zero-order valence-corrected chi connectivity index (χ0v) is 45.4. The maximum Gasteiger partial charge on any atom is 1.00 e. The van der Waals surface area contributed by atoms with Crippen LogP contribution in [0.5, 0.6) is 0 Å². The van der Waals surface area contributed by atoms with E-state index in [2.05, 4.69) is 107 Å². The van der Waals surface area contributed by atoms with Gasteiger partial charge in [0.25, 0.3) is 0 Å². The van der Waals surface area contributed by atoms with Gasteiger partial charge in [0.2, 0.25) is 0 Å². The first kappa shape index (κ1) is 54.1. The van der Waals surface area contributed by atoms with E-state index in [1.807, 2.05) is 113 Å². The van der Waals surface area contributed by atoms with Crippen molar-refractivity contribution in [2.45, 2.75) is 67.2 Å². The Labute approximate surface area is 464 Å². The van der Waals surface area contributed by atoms with Gasteiger partial charge in [-0.25, -0.2) is 19.9 Å². The van der Waals surface area contributed by atoms with Crippen LogP contribution in [0, 0.1) is 27.7 Å². The van der Waals surface area contributed by atoms with Gasteiger partial charge in [-0.15, -0.1) is 5.60 Å². The van der Waals surface area contributed by atoms with Crippen LogP contribution >= 0.6 is 11.6 Å². The molecule has 0 aliphatic carbocycles. The number of hydrogen-bond acceptors (Lipinski definition) is 11. The predicted octanol–water partition coefficient (Wildman–Crippen LogP) is 9.30. The molecule has 0 amide bonds. The van der Waals surface area contributed by atoms with Gasteiger partial charge in [0.05, 0.1) is 22.4 Å². The standard InChI is InChI=1S/C27H23N5.C14H10ClN3.C13H14N2.C4H9O.K/c1-18-15-22(9-12-28-18)21-5-3-20(4-6-21)17-31-27-24-7-8-25(32-26(24)11-14-30-27)23-10-13-29-19(2)16-23;1-9-8-10(4-6-16-9)12-3-2-11-13(18-12)5-7-17-14(11)15;1-10-8-13(6-7-15-10)12-4-2-11(9-14)3-5-12;1-4(2,3)5;/h3-16H,17H2,1-2H3,(H,30,31);2-8H,1H3;2-8H,9,14H2,1H3;1-3H3;/q;;;-1;+1. The Hall–Kier alpha value is -6.19. The van der Waals surface area contributed by atoms with Gasteiger partial charge in [0.1, 0.15) is 11.0 Å². The summed E-state index contributed by atoms with van der Waals surface area (Å²) in [5.41, 5.74) is 21.7. The smallest absolute Gasteiger partial charge is 0.850 e. The zero-order valence-electron chi connectivity index (χ0n) is 41.5. The van der Waals surface area contributed by atoms with Gasteiger partial charge in [0.15, 0.2) is 0 Å². The molecule has 0 saturated heterocycles. The third kappa shape index (κ3) is 16.2. The summed E-state index contributed by atoms with van der Waals surface area (Å²) in [5, 5.41) is 15.9. The molecule has 0 atom stereocenters. The van der Waals surface area contributed by atoms with Crippen molar-refractivity contribution in [1.29, 1.82) is 0 Å². The fourth-order valence-corrected chi connectivity index (χ4v) is 7.45. The van der Waals surface area contributed by atoms with Crippen LogP contribution in [0.3, 0.4) is 0 Å². The molecule has 2 aromatic carbocycles. The van der Waals surface area contributed by atoms with Crippen molar-refractivity contribution >= 4 is 39.2 Å². The molecule has 0 fully saturated rings. The Morgan fingerprint density at radius 1 is 0.465 bits per heavy atom. The summed E-state index contributed by atoms with van der Waals surface area (Å²) in [6.45, 7) is 14.1. The number of halogens is 1. The number of hydrogen-bond donors (Lipinski definition) is 2. The van der Waals surface area contributed by atoms with Gasteiger partial charge < -0.3 is 16.2 Å². The summed E-state index contributed by atoms with van der Waals surface area (Å²) in [6, 6.07) is 44.9. The minimum absolute atomic E-state index is 0. The molecule has 352 valence electrons. The molecule has 0 spiro atoms. The van der Waals surface area contributed by atoms with E-state index in [0.717, 1.165) is 78.5 Å². The van der Waals surface area contributed by atoms with E-state index >= 15 is 0 Å². The number of nitrogens with two attached hydrogens (primary N) is 1. The first-order valence-corrected chi connectivity index (χ1v) is 23.3. The van der Waals surface area contributed by atoms with Crippen LogP contribution in [-0.4, -0.2) is 45.5 Å². The first-order valence-electron chi connectivity index (χ1n) is 22.9. The third-order valence-electron chi connectivity index (χ3n) is 10.6. The van der Waals surface area contributed by atoms with Crippen molar-refractivity contribution in [1.82, 2.24) is 39.9 Å². The molecule has 13 heteroatoms. The van der Waals surface area contributed by atoms with Crippen molar-refractivity contribution < 1.29 is 56.5 Å². The summed E-state index contributed by atoms with van der Waals surface area (Å²) in [4.78, 5) is 34.9. The van der Waals surface area contributed by atoms with Crippen LogP contribution in [-0.2, 0) is 13.1 Å². The molecule has 0 saturated carbocycles. The number of aryl methyl sites for hydroxylation is 4. The number of benzene rings is 2. The largest absolute Gasteiger partial charge is 1.00 e. The van der Waals surface area contributed by atoms with Crippen LogP contribution in [0.25, 0.3) is 66.6 Å². The molecule has 0 unspecified atom stereocenters. The van der Waals surface area contributed by atoms with Crippen LogP contribution < -0.4 is 67.5 Å².